The molecule has 162 valence electrons. The van der Waals surface area contributed by atoms with E-state index in [9.17, 15) is 9.90 Å². The van der Waals surface area contributed by atoms with Crippen LogP contribution in [0.15, 0.2) is 42.5 Å². The van der Waals surface area contributed by atoms with Crippen molar-refractivity contribution in [2.45, 2.75) is 25.9 Å². The predicted octanol–water partition coefficient (Wildman–Crippen LogP) is 5.07. The monoisotopic (exact) mass is 570 g/mol. The standard InChI is InChI=1S/C22H21Cl2IN4O2/c23-14-4-9-17(18(24)12-14)21-26-20(22(31)27-28-10-2-1-3-11-28)19(13-30)29(21)16-7-5-15(25)6-8-16/h4-9,12,30H,1-3,10-11,13H2,(H,27,31). The number of halogens is 3. The molecule has 1 saturated heterocycles. The fraction of sp³-hybridized carbons (Fsp3) is 0.273. The Morgan fingerprint density at radius 3 is 2.45 bits per heavy atom. The van der Waals surface area contributed by atoms with E-state index in [-0.39, 0.29) is 18.2 Å². The van der Waals surface area contributed by atoms with Gasteiger partial charge < -0.3 is 5.11 Å². The number of benzene rings is 2. The van der Waals surface area contributed by atoms with Crippen LogP contribution in [0.1, 0.15) is 35.4 Å². The van der Waals surface area contributed by atoms with E-state index in [2.05, 4.69) is 33.0 Å². The van der Waals surface area contributed by atoms with Gasteiger partial charge in [0.2, 0.25) is 0 Å². The number of rotatable bonds is 5. The van der Waals surface area contributed by atoms with Gasteiger partial charge in [0.05, 0.1) is 17.3 Å². The van der Waals surface area contributed by atoms with Crippen molar-refractivity contribution in [3.8, 4) is 17.1 Å². The number of aliphatic hydroxyl groups excluding tert-OH is 1. The van der Waals surface area contributed by atoms with Gasteiger partial charge in [-0.2, -0.15) is 0 Å². The fourth-order valence-corrected chi connectivity index (χ4v) is 4.56. The van der Waals surface area contributed by atoms with Gasteiger partial charge in [0, 0.05) is 32.9 Å². The third-order valence-electron chi connectivity index (χ3n) is 5.21. The van der Waals surface area contributed by atoms with Gasteiger partial charge >= 0.3 is 0 Å². The molecule has 0 spiro atoms. The molecule has 1 aliphatic heterocycles. The Kier molecular flexibility index (Phi) is 7.18. The van der Waals surface area contributed by atoms with E-state index < -0.39 is 0 Å². The summed E-state index contributed by atoms with van der Waals surface area (Å²) < 4.78 is 2.84. The number of hydrazine groups is 1. The highest BCUT2D eigenvalue weighted by Crippen LogP contribution is 2.33. The Morgan fingerprint density at radius 1 is 1.10 bits per heavy atom. The molecule has 0 atom stereocenters. The molecule has 9 heteroatoms. The zero-order valence-corrected chi connectivity index (χ0v) is 20.3. The number of aromatic nitrogens is 2. The second-order valence-electron chi connectivity index (χ2n) is 7.31. The van der Waals surface area contributed by atoms with Crippen molar-refractivity contribution in [1.82, 2.24) is 20.0 Å². The van der Waals surface area contributed by atoms with Gasteiger partial charge in [-0.25, -0.2) is 9.99 Å². The van der Waals surface area contributed by atoms with Crippen LogP contribution in [0, 0.1) is 3.57 Å². The summed E-state index contributed by atoms with van der Waals surface area (Å²) in [6.45, 7) is 1.24. The lowest BCUT2D eigenvalue weighted by Gasteiger charge is -2.26. The Bertz CT molecular complexity index is 1100. The molecule has 0 aliphatic carbocycles. The van der Waals surface area contributed by atoms with E-state index in [4.69, 9.17) is 23.2 Å². The number of piperidine rings is 1. The van der Waals surface area contributed by atoms with Crippen LogP contribution in [0.25, 0.3) is 17.1 Å². The lowest BCUT2D eigenvalue weighted by Crippen LogP contribution is -2.45. The molecule has 0 bridgehead atoms. The molecule has 3 aromatic rings. The van der Waals surface area contributed by atoms with Crippen molar-refractivity contribution < 1.29 is 9.90 Å². The first kappa shape index (κ1) is 22.5. The molecule has 1 aromatic heterocycles. The topological polar surface area (TPSA) is 70.4 Å². The summed E-state index contributed by atoms with van der Waals surface area (Å²) in [4.78, 5) is 17.8. The summed E-state index contributed by atoms with van der Waals surface area (Å²) in [6.07, 6.45) is 3.24. The maximum absolute atomic E-state index is 13.1. The summed E-state index contributed by atoms with van der Waals surface area (Å²) in [5.74, 6) is 0.122. The van der Waals surface area contributed by atoms with Gasteiger partial charge in [0.1, 0.15) is 5.82 Å². The molecule has 2 aromatic carbocycles. The highest BCUT2D eigenvalue weighted by Gasteiger charge is 2.26. The number of hydrogen-bond acceptors (Lipinski definition) is 4. The van der Waals surface area contributed by atoms with Crippen LogP contribution >= 0.6 is 45.8 Å². The number of hydrogen-bond donors (Lipinski definition) is 2. The predicted molar refractivity (Wildman–Crippen MR) is 131 cm³/mol. The highest BCUT2D eigenvalue weighted by molar-refractivity contribution is 14.1. The van der Waals surface area contributed by atoms with Crippen LogP contribution in [-0.4, -0.2) is 38.7 Å². The Hall–Kier alpha value is -1.65. The molecule has 31 heavy (non-hydrogen) atoms. The highest BCUT2D eigenvalue weighted by atomic mass is 127. The average Bonchev–Trinajstić information content (AvgIpc) is 3.14. The smallest absolute Gasteiger partial charge is 0.286 e. The van der Waals surface area contributed by atoms with Gasteiger partial charge in [0.25, 0.3) is 5.91 Å². The lowest BCUT2D eigenvalue weighted by atomic mass is 10.2. The van der Waals surface area contributed by atoms with Gasteiger partial charge in [0.15, 0.2) is 5.69 Å². The number of imidazole rings is 1. The summed E-state index contributed by atoms with van der Waals surface area (Å²) in [5, 5.41) is 13.1. The number of carbonyl (C=O) groups excluding carboxylic acids is 1. The SMILES string of the molecule is O=C(NN1CCCCC1)c1nc(-c2ccc(Cl)cc2Cl)n(-c2ccc(I)cc2)c1CO. The fourth-order valence-electron chi connectivity index (χ4n) is 3.70. The van der Waals surface area contributed by atoms with Gasteiger partial charge in [-0.05, 0) is 77.9 Å². The number of nitrogens with one attached hydrogen (secondary N) is 1. The zero-order chi connectivity index (χ0) is 22.0. The number of nitrogens with zero attached hydrogens (tertiary/aromatic N) is 3. The van der Waals surface area contributed by atoms with E-state index in [0.717, 1.165) is 41.6 Å². The molecule has 1 aliphatic rings. The van der Waals surface area contributed by atoms with Crippen molar-refractivity contribution in [1.29, 1.82) is 0 Å². The molecule has 1 amide bonds. The van der Waals surface area contributed by atoms with E-state index in [1.54, 1.807) is 22.8 Å². The molecule has 0 radical (unpaired) electrons. The average molecular weight is 571 g/mol. The molecule has 4 rings (SSSR count). The maximum atomic E-state index is 13.1. The molecule has 2 N–H and O–H groups in total. The van der Waals surface area contributed by atoms with Crippen LogP contribution in [0.2, 0.25) is 10.0 Å². The van der Waals surface area contributed by atoms with Gasteiger partial charge in [-0.1, -0.05) is 29.6 Å². The molecular formula is C22H21Cl2IN4O2. The Morgan fingerprint density at radius 2 is 1.81 bits per heavy atom. The van der Waals surface area contributed by atoms with Gasteiger partial charge in [-0.3, -0.25) is 14.8 Å². The van der Waals surface area contributed by atoms with E-state index >= 15 is 0 Å². The second-order valence-corrected chi connectivity index (χ2v) is 9.40. The first-order valence-electron chi connectivity index (χ1n) is 9.97. The zero-order valence-electron chi connectivity index (χ0n) is 16.6. The Balaban J connectivity index is 1.84. The Labute approximate surface area is 204 Å². The molecular weight excluding hydrogens is 550 g/mol. The molecule has 1 fully saturated rings. The van der Waals surface area contributed by atoms with Crippen LogP contribution in [0.3, 0.4) is 0 Å². The summed E-state index contributed by atoms with van der Waals surface area (Å²) in [6, 6.07) is 12.9. The minimum Gasteiger partial charge on any atom is -0.390 e. The van der Waals surface area contributed by atoms with Crippen LogP contribution in [-0.2, 0) is 6.61 Å². The largest absolute Gasteiger partial charge is 0.390 e. The summed E-state index contributed by atoms with van der Waals surface area (Å²) in [7, 11) is 0. The van der Waals surface area contributed by atoms with E-state index in [1.807, 2.05) is 29.3 Å². The van der Waals surface area contributed by atoms with E-state index in [0.29, 0.717) is 27.1 Å². The summed E-state index contributed by atoms with van der Waals surface area (Å²) >= 11 is 14.8. The van der Waals surface area contributed by atoms with Crippen molar-refractivity contribution in [2.24, 2.45) is 0 Å². The minimum atomic E-state index is -0.354. The first-order chi connectivity index (χ1) is 15.0. The van der Waals surface area contributed by atoms with Crippen LogP contribution in [0.4, 0.5) is 0 Å². The summed E-state index contributed by atoms with van der Waals surface area (Å²) in [5.41, 5.74) is 4.91. The van der Waals surface area contributed by atoms with Crippen molar-refractivity contribution in [3.05, 3.63) is 67.5 Å². The lowest BCUT2D eigenvalue weighted by molar-refractivity contribution is 0.0742. The molecule has 2 heterocycles. The number of aliphatic hydroxyl groups is 1. The second kappa shape index (κ2) is 9.87. The quantitative estimate of drug-likeness (QED) is 0.420. The van der Waals surface area contributed by atoms with Gasteiger partial charge in [-0.15, -0.1) is 0 Å². The third kappa shape index (κ3) is 4.90. The molecule has 6 nitrogen and oxygen atoms in total. The van der Waals surface area contributed by atoms with Crippen molar-refractivity contribution >= 4 is 51.7 Å². The maximum Gasteiger partial charge on any atom is 0.286 e. The van der Waals surface area contributed by atoms with Crippen molar-refractivity contribution in [3.63, 3.8) is 0 Å². The third-order valence-corrected chi connectivity index (χ3v) is 6.48. The van der Waals surface area contributed by atoms with E-state index in [1.165, 1.54) is 0 Å². The van der Waals surface area contributed by atoms with Crippen LogP contribution < -0.4 is 5.43 Å². The van der Waals surface area contributed by atoms with Crippen molar-refractivity contribution in [2.75, 3.05) is 13.1 Å². The minimum absolute atomic E-state index is 0.174. The molecule has 0 saturated carbocycles. The normalized spacial score (nSPS) is 14.6. The molecule has 0 unspecified atom stereocenters. The number of amides is 1. The number of carbonyl (C=O) groups is 1. The van der Waals surface area contributed by atoms with Crippen LogP contribution in [0.5, 0.6) is 0 Å². The first-order valence-corrected chi connectivity index (χ1v) is 11.8.